The van der Waals surface area contributed by atoms with E-state index in [2.05, 4.69) is 5.32 Å². The van der Waals surface area contributed by atoms with Crippen molar-refractivity contribution in [2.75, 3.05) is 20.1 Å². The van der Waals surface area contributed by atoms with Crippen LogP contribution in [-0.2, 0) is 17.1 Å². The van der Waals surface area contributed by atoms with E-state index in [0.717, 1.165) is 12.8 Å². The Morgan fingerprint density at radius 2 is 1.91 bits per heavy atom. The summed E-state index contributed by atoms with van der Waals surface area (Å²) in [5.74, 6) is -0.501. The number of oxazole rings is 1. The van der Waals surface area contributed by atoms with E-state index in [1.807, 2.05) is 7.05 Å². The lowest BCUT2D eigenvalue weighted by Gasteiger charge is -2.30. The molecular weight excluding hydrogens is 342 g/mol. The van der Waals surface area contributed by atoms with Crippen LogP contribution in [0.25, 0.3) is 11.1 Å². The molecule has 0 spiro atoms. The number of rotatable bonds is 3. The fourth-order valence-corrected chi connectivity index (χ4v) is 4.29. The van der Waals surface area contributed by atoms with Gasteiger partial charge in [0.2, 0.25) is 10.0 Å². The van der Waals surface area contributed by atoms with Gasteiger partial charge in [0.1, 0.15) is 0 Å². The zero-order chi connectivity index (χ0) is 15.9. The van der Waals surface area contributed by atoms with E-state index in [1.54, 1.807) is 13.1 Å². The summed E-state index contributed by atoms with van der Waals surface area (Å²) in [6.45, 7) is 0.981. The summed E-state index contributed by atoms with van der Waals surface area (Å²) in [6.07, 6.45) is 1.58. The summed E-state index contributed by atoms with van der Waals surface area (Å²) in [5.41, 5.74) is 0.872. The van der Waals surface area contributed by atoms with Gasteiger partial charge in [0, 0.05) is 32.2 Å². The van der Waals surface area contributed by atoms with Gasteiger partial charge in [-0.05, 0) is 32.0 Å². The molecule has 2 heterocycles. The summed E-state index contributed by atoms with van der Waals surface area (Å²) in [4.78, 5) is 11.7. The van der Waals surface area contributed by atoms with Crippen molar-refractivity contribution in [3.63, 3.8) is 0 Å². The number of nitrogens with zero attached hydrogens (tertiary/aromatic N) is 2. The highest BCUT2D eigenvalue weighted by Crippen LogP contribution is 2.23. The van der Waals surface area contributed by atoms with Gasteiger partial charge in [-0.2, -0.15) is 4.31 Å². The molecule has 1 aromatic carbocycles. The van der Waals surface area contributed by atoms with E-state index >= 15 is 0 Å². The number of sulfonamides is 1. The largest absolute Gasteiger partial charge is 0.419 e. The van der Waals surface area contributed by atoms with Crippen molar-refractivity contribution in [3.8, 4) is 0 Å². The second kappa shape index (κ2) is 6.64. The van der Waals surface area contributed by atoms with Gasteiger partial charge in [0.05, 0.1) is 10.4 Å². The van der Waals surface area contributed by atoms with Crippen LogP contribution in [0.4, 0.5) is 0 Å². The monoisotopic (exact) mass is 361 g/mol. The van der Waals surface area contributed by atoms with E-state index in [0.29, 0.717) is 30.2 Å². The first-order chi connectivity index (χ1) is 10.4. The number of aryl methyl sites for hydroxylation is 1. The van der Waals surface area contributed by atoms with Crippen molar-refractivity contribution in [1.29, 1.82) is 0 Å². The fraction of sp³-hybridized carbons (Fsp3) is 0.500. The molecule has 1 aromatic heterocycles. The first-order valence-corrected chi connectivity index (χ1v) is 8.64. The molecule has 128 valence electrons. The highest BCUT2D eigenvalue weighted by Gasteiger charge is 2.29. The van der Waals surface area contributed by atoms with Crippen LogP contribution < -0.4 is 11.1 Å². The highest BCUT2D eigenvalue weighted by molar-refractivity contribution is 7.89. The Hall–Kier alpha value is -1.35. The van der Waals surface area contributed by atoms with Crippen LogP contribution in [0, 0.1) is 0 Å². The van der Waals surface area contributed by atoms with Gasteiger partial charge in [-0.3, -0.25) is 4.57 Å². The first kappa shape index (κ1) is 18.0. The molecule has 0 atom stereocenters. The maximum Gasteiger partial charge on any atom is 0.419 e. The second-order valence-electron chi connectivity index (χ2n) is 5.52. The van der Waals surface area contributed by atoms with E-state index < -0.39 is 15.8 Å². The number of hydrogen-bond donors (Lipinski definition) is 1. The molecule has 0 aliphatic carbocycles. The van der Waals surface area contributed by atoms with Gasteiger partial charge in [-0.1, -0.05) is 0 Å². The SMILES string of the molecule is CNC1CCN(S(=O)(=O)c2ccc3c(c2)oc(=O)n3C)CC1.Cl. The molecule has 1 aliphatic rings. The number of piperidine rings is 1. The average Bonchev–Trinajstić information content (AvgIpc) is 2.81. The van der Waals surface area contributed by atoms with Crippen LogP contribution in [0.5, 0.6) is 0 Å². The zero-order valence-electron chi connectivity index (χ0n) is 13.0. The van der Waals surface area contributed by atoms with Crippen molar-refractivity contribution < 1.29 is 12.8 Å². The van der Waals surface area contributed by atoms with Crippen LogP contribution in [0.15, 0.2) is 32.3 Å². The molecule has 1 fully saturated rings. The molecule has 0 unspecified atom stereocenters. The number of hydrogen-bond acceptors (Lipinski definition) is 5. The van der Waals surface area contributed by atoms with E-state index in [4.69, 9.17) is 4.42 Å². The Kier molecular flexibility index (Phi) is 5.20. The maximum atomic E-state index is 12.7. The molecule has 0 amide bonds. The number of halogens is 1. The molecular formula is C14H20ClN3O4S. The van der Waals surface area contributed by atoms with Crippen LogP contribution >= 0.6 is 12.4 Å². The Balaban J connectivity index is 0.00000192. The van der Waals surface area contributed by atoms with Crippen LogP contribution in [0.1, 0.15) is 12.8 Å². The molecule has 23 heavy (non-hydrogen) atoms. The number of fused-ring (bicyclic) bond motifs is 1. The third-order valence-corrected chi connectivity index (χ3v) is 6.16. The van der Waals surface area contributed by atoms with Gasteiger partial charge in [-0.15, -0.1) is 12.4 Å². The third kappa shape index (κ3) is 3.16. The van der Waals surface area contributed by atoms with Gasteiger partial charge >= 0.3 is 5.76 Å². The topological polar surface area (TPSA) is 84.6 Å². The van der Waals surface area contributed by atoms with Crippen molar-refractivity contribution in [2.24, 2.45) is 7.05 Å². The Morgan fingerprint density at radius 1 is 1.26 bits per heavy atom. The minimum Gasteiger partial charge on any atom is -0.408 e. The van der Waals surface area contributed by atoms with E-state index in [1.165, 1.54) is 21.0 Å². The van der Waals surface area contributed by atoms with Crippen LogP contribution in [-0.4, -0.2) is 43.5 Å². The van der Waals surface area contributed by atoms with Gasteiger partial charge in [-0.25, -0.2) is 13.2 Å². The van der Waals surface area contributed by atoms with E-state index in [9.17, 15) is 13.2 Å². The molecule has 0 bridgehead atoms. The molecule has 1 N–H and O–H groups in total. The second-order valence-corrected chi connectivity index (χ2v) is 7.46. The molecule has 0 radical (unpaired) electrons. The fourth-order valence-electron chi connectivity index (χ4n) is 2.81. The average molecular weight is 362 g/mol. The van der Waals surface area contributed by atoms with Crippen LogP contribution in [0.2, 0.25) is 0 Å². The summed E-state index contributed by atoms with van der Waals surface area (Å²) in [6, 6.07) is 4.92. The van der Waals surface area contributed by atoms with Crippen molar-refractivity contribution >= 4 is 33.5 Å². The third-order valence-electron chi connectivity index (χ3n) is 4.26. The quantitative estimate of drug-likeness (QED) is 0.879. The van der Waals surface area contributed by atoms with Gasteiger partial charge in [0.25, 0.3) is 0 Å². The minimum absolute atomic E-state index is 0. The number of benzene rings is 1. The first-order valence-electron chi connectivity index (χ1n) is 7.20. The van der Waals surface area contributed by atoms with Crippen molar-refractivity contribution in [2.45, 2.75) is 23.8 Å². The lowest BCUT2D eigenvalue weighted by atomic mass is 10.1. The summed E-state index contributed by atoms with van der Waals surface area (Å²) in [5, 5.41) is 3.17. The smallest absolute Gasteiger partial charge is 0.408 e. The van der Waals surface area contributed by atoms with E-state index in [-0.39, 0.29) is 17.3 Å². The molecule has 3 rings (SSSR count). The highest BCUT2D eigenvalue weighted by atomic mass is 35.5. The Bertz CT molecular complexity index is 851. The predicted octanol–water partition coefficient (Wildman–Crippen LogP) is 0.926. The summed E-state index contributed by atoms with van der Waals surface area (Å²) >= 11 is 0. The van der Waals surface area contributed by atoms with Gasteiger partial charge < -0.3 is 9.73 Å². The molecule has 0 saturated carbocycles. The molecule has 7 nitrogen and oxygen atoms in total. The standard InChI is InChI=1S/C14H19N3O4S.ClH/c1-15-10-5-7-17(8-6-10)22(19,20)11-3-4-12-13(9-11)21-14(18)16(12)2;/h3-4,9-10,15H,5-8H2,1-2H3;1H. The zero-order valence-corrected chi connectivity index (χ0v) is 14.6. The Morgan fingerprint density at radius 3 is 2.52 bits per heavy atom. The van der Waals surface area contributed by atoms with Crippen molar-refractivity contribution in [1.82, 2.24) is 14.2 Å². The maximum absolute atomic E-state index is 12.7. The molecule has 9 heteroatoms. The molecule has 2 aromatic rings. The molecule has 1 saturated heterocycles. The summed E-state index contributed by atoms with van der Waals surface area (Å²) in [7, 11) is -0.0773. The summed E-state index contributed by atoms with van der Waals surface area (Å²) < 4.78 is 33.3. The number of nitrogens with one attached hydrogen (secondary N) is 1. The minimum atomic E-state index is -3.55. The Labute approximate surface area is 140 Å². The molecule has 1 aliphatic heterocycles. The lowest BCUT2D eigenvalue weighted by molar-refractivity contribution is 0.298. The number of aromatic nitrogens is 1. The van der Waals surface area contributed by atoms with Gasteiger partial charge in [0.15, 0.2) is 5.58 Å². The lowest BCUT2D eigenvalue weighted by Crippen LogP contribution is -2.43. The predicted molar refractivity (Wildman–Crippen MR) is 89.5 cm³/mol. The normalized spacial score (nSPS) is 17.3. The van der Waals surface area contributed by atoms with Crippen LogP contribution in [0.3, 0.4) is 0 Å². The van der Waals surface area contributed by atoms with Crippen molar-refractivity contribution in [3.05, 3.63) is 28.7 Å².